The van der Waals surface area contributed by atoms with E-state index >= 15 is 0 Å². The lowest BCUT2D eigenvalue weighted by molar-refractivity contribution is 1.16. The van der Waals surface area contributed by atoms with Crippen LogP contribution in [0.4, 0.5) is 23.0 Å². The molecule has 0 fully saturated rings. The minimum Gasteiger partial charge on any atom is -0.340 e. The highest BCUT2D eigenvalue weighted by Gasteiger charge is 2.12. The number of allylic oxidation sites excluding steroid dienone is 1. The van der Waals surface area contributed by atoms with Gasteiger partial charge in [0.25, 0.3) is 0 Å². The van der Waals surface area contributed by atoms with Gasteiger partial charge in [0.1, 0.15) is 35.7 Å². The van der Waals surface area contributed by atoms with Crippen LogP contribution in [0, 0.1) is 22.7 Å². The van der Waals surface area contributed by atoms with Gasteiger partial charge in [0.05, 0.1) is 5.56 Å². The summed E-state index contributed by atoms with van der Waals surface area (Å²) in [6.07, 6.45) is 2.89. The summed E-state index contributed by atoms with van der Waals surface area (Å²) in [5.41, 5.74) is 2.16. The maximum Gasteiger partial charge on any atom is 0.143 e. The van der Waals surface area contributed by atoms with Crippen LogP contribution in [0.5, 0.6) is 0 Å². The van der Waals surface area contributed by atoms with Gasteiger partial charge in [-0.15, -0.1) is 0 Å². The number of hydrogen-bond donors (Lipinski definition) is 2. The fourth-order valence-corrected chi connectivity index (χ4v) is 2.28. The van der Waals surface area contributed by atoms with Crippen LogP contribution in [-0.2, 0) is 0 Å². The maximum atomic E-state index is 9.13. The third-order valence-electron chi connectivity index (χ3n) is 3.49. The molecule has 1 aromatic heterocycles. The van der Waals surface area contributed by atoms with E-state index in [9.17, 15) is 0 Å². The van der Waals surface area contributed by atoms with Gasteiger partial charge in [-0.1, -0.05) is 36.4 Å². The zero-order chi connectivity index (χ0) is 18.2. The molecule has 0 amide bonds. The molecule has 0 radical (unpaired) electrons. The van der Waals surface area contributed by atoms with Crippen molar-refractivity contribution in [3.63, 3.8) is 0 Å². The molecule has 0 aliphatic rings. The van der Waals surface area contributed by atoms with E-state index < -0.39 is 0 Å². The van der Waals surface area contributed by atoms with E-state index in [-0.39, 0.29) is 5.57 Å². The Bertz CT molecular complexity index is 922. The van der Waals surface area contributed by atoms with E-state index in [4.69, 9.17) is 10.5 Å². The number of hydrogen-bond acceptors (Lipinski definition) is 6. The molecule has 26 heavy (non-hydrogen) atoms. The van der Waals surface area contributed by atoms with Gasteiger partial charge in [0.2, 0.25) is 0 Å². The monoisotopic (exact) mass is 338 g/mol. The average molecular weight is 338 g/mol. The molecule has 6 heteroatoms. The van der Waals surface area contributed by atoms with Gasteiger partial charge >= 0.3 is 0 Å². The summed E-state index contributed by atoms with van der Waals surface area (Å²) in [4.78, 5) is 8.54. The van der Waals surface area contributed by atoms with E-state index in [1.54, 1.807) is 0 Å². The number of para-hydroxylation sites is 2. The lowest BCUT2D eigenvalue weighted by Gasteiger charge is -2.13. The van der Waals surface area contributed by atoms with Crippen molar-refractivity contribution in [3.05, 3.63) is 78.1 Å². The Hall–Kier alpha value is -4.16. The minimum absolute atomic E-state index is 0.0352. The Morgan fingerprint density at radius 3 is 1.65 bits per heavy atom. The second-order valence-electron chi connectivity index (χ2n) is 5.25. The van der Waals surface area contributed by atoms with Crippen LogP contribution in [0.15, 0.2) is 72.6 Å². The average Bonchev–Trinajstić information content (AvgIpc) is 2.69. The van der Waals surface area contributed by atoms with Crippen LogP contribution >= 0.6 is 0 Å². The summed E-state index contributed by atoms with van der Waals surface area (Å²) in [5.74, 6) is 0.986. The zero-order valence-corrected chi connectivity index (χ0v) is 13.7. The first-order chi connectivity index (χ1) is 12.8. The Labute approximate surface area is 151 Å². The summed E-state index contributed by atoms with van der Waals surface area (Å²) in [6, 6.07) is 22.8. The van der Waals surface area contributed by atoms with E-state index in [0.29, 0.717) is 17.2 Å². The Morgan fingerprint density at radius 1 is 0.769 bits per heavy atom. The highest BCUT2D eigenvalue weighted by Crippen LogP contribution is 2.28. The topological polar surface area (TPSA) is 97.4 Å². The molecule has 0 saturated carbocycles. The van der Waals surface area contributed by atoms with Gasteiger partial charge < -0.3 is 10.6 Å². The summed E-state index contributed by atoms with van der Waals surface area (Å²) < 4.78 is 0. The summed E-state index contributed by atoms with van der Waals surface area (Å²) >= 11 is 0. The number of benzene rings is 2. The van der Waals surface area contributed by atoms with Crippen molar-refractivity contribution < 1.29 is 0 Å². The van der Waals surface area contributed by atoms with Gasteiger partial charge in [-0.3, -0.25) is 0 Å². The third kappa shape index (κ3) is 4.02. The number of nitrogens with one attached hydrogen (secondary N) is 2. The first kappa shape index (κ1) is 16.7. The normalized spacial score (nSPS) is 9.46. The molecule has 0 atom stereocenters. The van der Waals surface area contributed by atoms with Crippen molar-refractivity contribution in [2.24, 2.45) is 0 Å². The first-order valence-corrected chi connectivity index (χ1v) is 7.81. The van der Waals surface area contributed by atoms with Gasteiger partial charge in [0, 0.05) is 11.4 Å². The molecule has 0 spiro atoms. The van der Waals surface area contributed by atoms with Gasteiger partial charge in [0.15, 0.2) is 0 Å². The lowest BCUT2D eigenvalue weighted by Crippen LogP contribution is -2.03. The number of nitrogens with zero attached hydrogens (tertiary/aromatic N) is 4. The number of aromatic nitrogens is 2. The lowest BCUT2D eigenvalue weighted by atomic mass is 10.1. The maximum absolute atomic E-state index is 9.13. The predicted octanol–water partition coefficient (Wildman–Crippen LogP) is 4.39. The molecule has 0 aliphatic carbocycles. The molecule has 0 aliphatic heterocycles. The van der Waals surface area contributed by atoms with E-state index in [1.165, 1.54) is 12.4 Å². The molecule has 2 N–H and O–H groups in total. The molecule has 6 nitrogen and oxygen atoms in total. The molecular formula is C20H14N6. The molecule has 0 saturated heterocycles. The van der Waals surface area contributed by atoms with Crippen LogP contribution in [0.1, 0.15) is 5.56 Å². The molecule has 0 unspecified atom stereocenters. The van der Waals surface area contributed by atoms with Crippen LogP contribution in [0.3, 0.4) is 0 Å². The molecule has 3 aromatic rings. The van der Waals surface area contributed by atoms with Gasteiger partial charge in [-0.05, 0) is 30.3 Å². The van der Waals surface area contributed by atoms with Gasteiger partial charge in [-0.2, -0.15) is 10.5 Å². The van der Waals surface area contributed by atoms with Crippen LogP contribution in [0.2, 0.25) is 0 Å². The molecule has 3 rings (SSSR count). The third-order valence-corrected chi connectivity index (χ3v) is 3.49. The number of nitriles is 2. The highest BCUT2D eigenvalue weighted by molar-refractivity contribution is 5.81. The van der Waals surface area contributed by atoms with Crippen molar-refractivity contribution >= 4 is 29.1 Å². The first-order valence-electron chi connectivity index (χ1n) is 7.81. The molecule has 1 heterocycles. The second kappa shape index (κ2) is 8.09. The molecule has 2 aromatic carbocycles. The van der Waals surface area contributed by atoms with Crippen LogP contribution in [-0.4, -0.2) is 9.97 Å². The predicted molar refractivity (Wildman–Crippen MR) is 101 cm³/mol. The van der Waals surface area contributed by atoms with Crippen molar-refractivity contribution in [1.82, 2.24) is 9.97 Å². The number of anilines is 4. The van der Waals surface area contributed by atoms with E-state index in [2.05, 4.69) is 20.6 Å². The van der Waals surface area contributed by atoms with E-state index in [0.717, 1.165) is 11.4 Å². The van der Waals surface area contributed by atoms with Crippen molar-refractivity contribution in [2.75, 3.05) is 10.6 Å². The summed E-state index contributed by atoms with van der Waals surface area (Å²) in [7, 11) is 0. The second-order valence-corrected chi connectivity index (χ2v) is 5.25. The van der Waals surface area contributed by atoms with Gasteiger partial charge in [-0.25, -0.2) is 9.97 Å². The quantitative estimate of drug-likeness (QED) is 0.669. The highest BCUT2D eigenvalue weighted by atomic mass is 15.1. The Kier molecular flexibility index (Phi) is 5.19. The van der Waals surface area contributed by atoms with Crippen molar-refractivity contribution in [3.8, 4) is 12.1 Å². The molecular weight excluding hydrogens is 324 g/mol. The standard InChI is InChI=1S/C20H14N6/c21-12-15(13-22)11-18-19(25-16-7-3-1-4-8-16)23-14-24-20(18)26-17-9-5-2-6-10-17/h1-11,14H,(H2,23,24,25,26). The van der Waals surface area contributed by atoms with Crippen LogP contribution < -0.4 is 10.6 Å². The fourth-order valence-electron chi connectivity index (χ4n) is 2.28. The van der Waals surface area contributed by atoms with Crippen molar-refractivity contribution in [1.29, 1.82) is 10.5 Å². The summed E-state index contributed by atoms with van der Waals surface area (Å²) in [5, 5.41) is 24.6. The largest absolute Gasteiger partial charge is 0.340 e. The molecule has 124 valence electrons. The summed E-state index contributed by atoms with van der Waals surface area (Å²) in [6.45, 7) is 0. The Morgan fingerprint density at radius 2 is 1.23 bits per heavy atom. The number of rotatable bonds is 5. The SMILES string of the molecule is N#CC(C#N)=Cc1c(Nc2ccccc2)ncnc1Nc1ccccc1. The smallest absolute Gasteiger partial charge is 0.143 e. The Balaban J connectivity index is 2.06. The fraction of sp³-hybridized carbons (Fsp3) is 0. The minimum atomic E-state index is -0.0352. The van der Waals surface area contributed by atoms with Crippen LogP contribution in [0.25, 0.3) is 6.08 Å². The van der Waals surface area contributed by atoms with Crippen molar-refractivity contribution in [2.45, 2.75) is 0 Å². The zero-order valence-electron chi connectivity index (χ0n) is 13.7. The molecule has 0 bridgehead atoms. The van der Waals surface area contributed by atoms with E-state index in [1.807, 2.05) is 72.8 Å².